The number of ether oxygens (including phenoxy) is 1. The number of rotatable bonds is 8. The molecule has 0 unspecified atom stereocenters. The predicted molar refractivity (Wildman–Crippen MR) is 115 cm³/mol. The van der Waals surface area contributed by atoms with Gasteiger partial charge in [0.05, 0.1) is 6.54 Å². The lowest BCUT2D eigenvalue weighted by Gasteiger charge is -2.12. The van der Waals surface area contributed by atoms with Crippen LogP contribution < -0.4 is 15.4 Å². The van der Waals surface area contributed by atoms with Crippen LogP contribution in [0.1, 0.15) is 5.56 Å². The summed E-state index contributed by atoms with van der Waals surface area (Å²) in [7, 11) is 3.68. The predicted octanol–water partition coefficient (Wildman–Crippen LogP) is 3.04. The molecule has 0 aliphatic heterocycles. The Kier molecular flexibility index (Phi) is 6.81. The van der Waals surface area contributed by atoms with Crippen LogP contribution in [-0.4, -0.2) is 44.0 Å². The number of hydrogen-bond donors (Lipinski definition) is 2. The fourth-order valence-electron chi connectivity index (χ4n) is 2.90. The van der Waals surface area contributed by atoms with Crippen molar-refractivity contribution >= 4 is 28.3 Å². The Morgan fingerprint density at radius 1 is 0.897 bits per heavy atom. The number of benzene rings is 3. The highest BCUT2D eigenvalue weighted by atomic mass is 16.5. The molecule has 3 rings (SSSR count). The molecule has 29 heavy (non-hydrogen) atoms. The first-order valence-corrected chi connectivity index (χ1v) is 9.41. The van der Waals surface area contributed by atoms with Gasteiger partial charge >= 0.3 is 0 Å². The van der Waals surface area contributed by atoms with Crippen molar-refractivity contribution in [2.45, 2.75) is 6.54 Å². The molecule has 2 amide bonds. The van der Waals surface area contributed by atoms with Crippen LogP contribution in [0.25, 0.3) is 10.8 Å². The van der Waals surface area contributed by atoms with Crippen molar-refractivity contribution in [1.82, 2.24) is 10.2 Å². The fraction of sp³-hybridized carbons (Fsp3) is 0.217. The molecule has 0 bridgehead atoms. The van der Waals surface area contributed by atoms with E-state index >= 15 is 0 Å². The number of carbonyl (C=O) groups excluding carboxylic acids is 2. The summed E-state index contributed by atoms with van der Waals surface area (Å²) in [5, 5.41) is 7.87. The summed E-state index contributed by atoms with van der Waals surface area (Å²) < 4.78 is 5.60. The third kappa shape index (κ3) is 6.33. The van der Waals surface area contributed by atoms with Gasteiger partial charge in [0.25, 0.3) is 5.91 Å². The van der Waals surface area contributed by atoms with Crippen LogP contribution in [0.3, 0.4) is 0 Å². The molecule has 0 aromatic heterocycles. The minimum absolute atomic E-state index is 0.0579. The van der Waals surface area contributed by atoms with Gasteiger partial charge in [-0.2, -0.15) is 0 Å². The van der Waals surface area contributed by atoms with Gasteiger partial charge in [-0.15, -0.1) is 0 Å². The number of anilines is 1. The second kappa shape index (κ2) is 9.71. The molecule has 0 fully saturated rings. The van der Waals surface area contributed by atoms with Gasteiger partial charge in [-0.05, 0) is 54.7 Å². The van der Waals surface area contributed by atoms with Gasteiger partial charge < -0.3 is 20.3 Å². The number of carbonyl (C=O) groups is 2. The van der Waals surface area contributed by atoms with Crippen molar-refractivity contribution < 1.29 is 14.3 Å². The van der Waals surface area contributed by atoms with E-state index in [2.05, 4.69) is 10.6 Å². The first kappa shape index (κ1) is 20.4. The summed E-state index contributed by atoms with van der Waals surface area (Å²) in [6.07, 6.45) is 0. The average Bonchev–Trinajstić information content (AvgIpc) is 2.70. The van der Waals surface area contributed by atoms with E-state index in [1.54, 1.807) is 4.90 Å². The van der Waals surface area contributed by atoms with Gasteiger partial charge in [-0.25, -0.2) is 0 Å². The van der Waals surface area contributed by atoms with Crippen molar-refractivity contribution in [3.63, 3.8) is 0 Å². The molecule has 6 nitrogen and oxygen atoms in total. The van der Waals surface area contributed by atoms with Crippen LogP contribution in [0.5, 0.6) is 5.75 Å². The van der Waals surface area contributed by atoms with E-state index in [9.17, 15) is 9.59 Å². The molecule has 150 valence electrons. The summed E-state index contributed by atoms with van der Waals surface area (Å²) in [4.78, 5) is 25.8. The maximum Gasteiger partial charge on any atom is 0.258 e. The van der Waals surface area contributed by atoms with Crippen LogP contribution in [0.4, 0.5) is 5.69 Å². The van der Waals surface area contributed by atoms with E-state index in [1.165, 1.54) is 0 Å². The third-order valence-electron chi connectivity index (χ3n) is 4.25. The molecule has 0 heterocycles. The second-order valence-electron chi connectivity index (χ2n) is 7.06. The second-order valence-corrected chi connectivity index (χ2v) is 7.06. The fourth-order valence-corrected chi connectivity index (χ4v) is 2.90. The molecule has 0 saturated carbocycles. The number of fused-ring (bicyclic) bond motifs is 1. The van der Waals surface area contributed by atoms with E-state index in [4.69, 9.17) is 4.74 Å². The minimum atomic E-state index is -0.208. The zero-order chi connectivity index (χ0) is 20.6. The molecule has 6 heteroatoms. The smallest absolute Gasteiger partial charge is 0.258 e. The quantitative estimate of drug-likeness (QED) is 0.619. The van der Waals surface area contributed by atoms with Crippen LogP contribution in [-0.2, 0) is 16.1 Å². The molecular weight excluding hydrogens is 366 g/mol. The van der Waals surface area contributed by atoms with E-state index < -0.39 is 0 Å². The Balaban J connectivity index is 1.48. The number of nitrogens with zero attached hydrogens (tertiary/aromatic N) is 1. The van der Waals surface area contributed by atoms with Gasteiger partial charge in [-0.3, -0.25) is 9.59 Å². The molecular formula is C23H25N3O3. The van der Waals surface area contributed by atoms with Crippen LogP contribution >= 0.6 is 0 Å². The molecule has 2 N–H and O–H groups in total. The first-order valence-electron chi connectivity index (χ1n) is 9.41. The maximum atomic E-state index is 12.1. The van der Waals surface area contributed by atoms with Crippen molar-refractivity contribution in [2.75, 3.05) is 32.6 Å². The van der Waals surface area contributed by atoms with Gasteiger partial charge in [0.1, 0.15) is 5.75 Å². The molecule has 3 aromatic rings. The largest absolute Gasteiger partial charge is 0.484 e. The highest BCUT2D eigenvalue weighted by molar-refractivity contribution is 5.92. The molecule has 0 spiro atoms. The number of amides is 2. The van der Waals surface area contributed by atoms with E-state index in [0.717, 1.165) is 16.3 Å². The summed E-state index contributed by atoms with van der Waals surface area (Å²) in [6.45, 7) is 0.613. The Hall–Kier alpha value is -3.38. The highest BCUT2D eigenvalue weighted by Crippen LogP contribution is 2.20. The maximum absolute atomic E-state index is 12.1. The summed E-state index contributed by atoms with van der Waals surface area (Å²) in [6, 6.07) is 21.1. The lowest BCUT2D eigenvalue weighted by atomic mass is 10.1. The molecule has 0 saturated heterocycles. The van der Waals surface area contributed by atoms with Gasteiger partial charge in [-0.1, -0.05) is 42.5 Å². The zero-order valence-electron chi connectivity index (χ0n) is 16.6. The summed E-state index contributed by atoms with van der Waals surface area (Å²) in [5.74, 6) is 0.365. The minimum Gasteiger partial charge on any atom is -0.484 e. The van der Waals surface area contributed by atoms with Crippen LogP contribution in [0.15, 0.2) is 66.7 Å². The van der Waals surface area contributed by atoms with Crippen LogP contribution in [0, 0.1) is 0 Å². The summed E-state index contributed by atoms with van der Waals surface area (Å²) >= 11 is 0. The standard InChI is InChI=1S/C23H25N3O3/c1-26(2)15-22(27)25-20-9-5-6-17(12-20)14-24-23(28)16-29-21-11-10-18-7-3-4-8-19(18)13-21/h3-13H,14-16H2,1-2H3,(H,24,28)(H,25,27). The zero-order valence-corrected chi connectivity index (χ0v) is 16.6. The van der Waals surface area contributed by atoms with Gasteiger partial charge in [0, 0.05) is 12.2 Å². The molecule has 0 radical (unpaired) electrons. The SMILES string of the molecule is CN(C)CC(=O)Nc1cccc(CNC(=O)COc2ccc3ccccc3c2)c1. The lowest BCUT2D eigenvalue weighted by molar-refractivity contribution is -0.123. The molecule has 3 aromatic carbocycles. The number of likely N-dealkylation sites (N-methyl/N-ethyl adjacent to an activating group) is 1. The van der Waals surface area contributed by atoms with E-state index in [-0.39, 0.29) is 18.4 Å². The Bertz CT molecular complexity index is 1000. The third-order valence-corrected chi connectivity index (χ3v) is 4.25. The average molecular weight is 391 g/mol. The lowest BCUT2D eigenvalue weighted by Crippen LogP contribution is -2.28. The van der Waals surface area contributed by atoms with Crippen molar-refractivity contribution in [1.29, 1.82) is 0 Å². The van der Waals surface area contributed by atoms with E-state index in [0.29, 0.717) is 24.5 Å². The number of hydrogen-bond acceptors (Lipinski definition) is 4. The Morgan fingerprint density at radius 3 is 2.48 bits per heavy atom. The highest BCUT2D eigenvalue weighted by Gasteiger charge is 2.06. The first-order chi connectivity index (χ1) is 14.0. The van der Waals surface area contributed by atoms with Crippen molar-refractivity contribution in [3.8, 4) is 5.75 Å². The van der Waals surface area contributed by atoms with Crippen molar-refractivity contribution in [3.05, 3.63) is 72.3 Å². The Morgan fingerprint density at radius 2 is 1.69 bits per heavy atom. The molecule has 0 aliphatic rings. The monoisotopic (exact) mass is 391 g/mol. The van der Waals surface area contributed by atoms with Gasteiger partial charge in [0.15, 0.2) is 6.61 Å². The van der Waals surface area contributed by atoms with E-state index in [1.807, 2.05) is 80.8 Å². The molecule has 0 atom stereocenters. The number of nitrogens with one attached hydrogen (secondary N) is 2. The Labute approximate surface area is 170 Å². The van der Waals surface area contributed by atoms with Crippen molar-refractivity contribution in [2.24, 2.45) is 0 Å². The van der Waals surface area contributed by atoms with Crippen LogP contribution in [0.2, 0.25) is 0 Å². The summed E-state index contributed by atoms with van der Waals surface area (Å²) in [5.41, 5.74) is 1.60. The molecule has 0 aliphatic carbocycles. The van der Waals surface area contributed by atoms with Gasteiger partial charge in [0.2, 0.25) is 5.91 Å². The topological polar surface area (TPSA) is 70.7 Å². The normalized spacial score (nSPS) is 10.7.